The van der Waals surface area contributed by atoms with Crippen LogP contribution in [0.4, 0.5) is 11.6 Å². The topological polar surface area (TPSA) is 90.3 Å². The maximum absolute atomic E-state index is 13.7. The molecule has 38 heavy (non-hydrogen) atoms. The number of carbonyl (C=O) groups excluding carboxylic acids is 1. The third-order valence-electron chi connectivity index (χ3n) is 6.11. The summed E-state index contributed by atoms with van der Waals surface area (Å²) in [6, 6.07) is 22.0. The van der Waals surface area contributed by atoms with Crippen molar-refractivity contribution in [2.45, 2.75) is 23.9 Å². The Morgan fingerprint density at radius 2 is 1.74 bits per heavy atom. The highest BCUT2D eigenvalue weighted by atomic mass is 35.5. The second kappa shape index (κ2) is 11.2. The normalized spacial score (nSPS) is 14.5. The zero-order valence-corrected chi connectivity index (χ0v) is 22.6. The van der Waals surface area contributed by atoms with Gasteiger partial charge in [-0.05, 0) is 66.6 Å². The van der Waals surface area contributed by atoms with E-state index in [-0.39, 0.29) is 5.91 Å². The predicted molar refractivity (Wildman–Crippen MR) is 150 cm³/mol. The molecular formula is C28H26ClN5O3S. The van der Waals surface area contributed by atoms with E-state index in [1.165, 1.54) is 11.8 Å². The molecule has 0 bridgehead atoms. The van der Waals surface area contributed by atoms with Crippen molar-refractivity contribution in [3.8, 4) is 11.5 Å². The van der Waals surface area contributed by atoms with Crippen molar-refractivity contribution in [3.05, 3.63) is 100 Å². The average Bonchev–Trinajstić information content (AvgIpc) is 3.34. The Labute approximate surface area is 230 Å². The number of aromatic nitrogens is 3. The number of amides is 1. The molecule has 5 rings (SSSR count). The number of rotatable bonds is 8. The lowest BCUT2D eigenvalue weighted by Gasteiger charge is -2.28. The van der Waals surface area contributed by atoms with Crippen molar-refractivity contribution in [3.63, 3.8) is 0 Å². The summed E-state index contributed by atoms with van der Waals surface area (Å²) in [5.41, 5.74) is 3.84. The van der Waals surface area contributed by atoms with Crippen LogP contribution >= 0.6 is 23.4 Å². The minimum Gasteiger partial charge on any atom is -0.497 e. The second-order valence-electron chi connectivity index (χ2n) is 8.60. The number of nitrogens with zero attached hydrogens (tertiary/aromatic N) is 3. The van der Waals surface area contributed by atoms with Crippen molar-refractivity contribution < 1.29 is 14.3 Å². The molecule has 1 atom stereocenters. The molecule has 1 aliphatic rings. The Bertz CT molecular complexity index is 1490. The SMILES string of the molecule is COc1ccc(NC(=O)C2=C(C)Nc3nc(SCc4cccc(Cl)c4)nn3C2c2ccc(OC)cc2)cc1. The molecule has 0 spiro atoms. The van der Waals surface area contributed by atoms with Gasteiger partial charge in [0, 0.05) is 22.2 Å². The Hall–Kier alpha value is -3.95. The molecule has 10 heteroatoms. The Morgan fingerprint density at radius 1 is 1.05 bits per heavy atom. The fourth-order valence-corrected chi connectivity index (χ4v) is 5.21. The highest BCUT2D eigenvalue weighted by Gasteiger charge is 2.34. The molecule has 8 nitrogen and oxygen atoms in total. The van der Waals surface area contributed by atoms with E-state index >= 15 is 0 Å². The van der Waals surface area contributed by atoms with Gasteiger partial charge in [0.2, 0.25) is 11.1 Å². The number of fused-ring (bicyclic) bond motifs is 1. The molecule has 2 heterocycles. The quantitative estimate of drug-likeness (QED) is 0.255. The van der Waals surface area contributed by atoms with Gasteiger partial charge in [0.25, 0.3) is 5.91 Å². The molecule has 0 radical (unpaired) electrons. The van der Waals surface area contributed by atoms with Crippen LogP contribution in [0.3, 0.4) is 0 Å². The molecule has 0 saturated carbocycles. The summed E-state index contributed by atoms with van der Waals surface area (Å²) < 4.78 is 12.3. The van der Waals surface area contributed by atoms with Gasteiger partial charge in [0.05, 0.1) is 19.8 Å². The van der Waals surface area contributed by atoms with E-state index in [1.807, 2.05) is 55.5 Å². The van der Waals surface area contributed by atoms with Gasteiger partial charge in [0.1, 0.15) is 17.5 Å². The van der Waals surface area contributed by atoms with E-state index in [0.717, 1.165) is 16.9 Å². The van der Waals surface area contributed by atoms with Crippen LogP contribution in [0, 0.1) is 0 Å². The van der Waals surface area contributed by atoms with E-state index in [1.54, 1.807) is 43.2 Å². The number of thioether (sulfide) groups is 1. The molecule has 4 aromatic rings. The lowest BCUT2D eigenvalue weighted by Crippen LogP contribution is -2.31. The number of benzene rings is 3. The average molecular weight is 548 g/mol. The Balaban J connectivity index is 1.47. The van der Waals surface area contributed by atoms with Crippen LogP contribution in [0.2, 0.25) is 5.02 Å². The standard InChI is InChI=1S/C28H26ClN5O3S/c1-17-24(26(35)31-21-9-13-23(37-3)14-10-21)25(19-7-11-22(36-2)12-8-19)34-27(30-17)32-28(33-34)38-16-18-5-4-6-20(29)15-18/h4-15,25H,16H2,1-3H3,(H,31,35)(H,30,32,33). The first-order chi connectivity index (χ1) is 18.4. The van der Waals surface area contributed by atoms with Crippen molar-refractivity contribution in [2.24, 2.45) is 0 Å². The maximum Gasteiger partial charge on any atom is 0.255 e. The third kappa shape index (κ3) is 5.49. The summed E-state index contributed by atoms with van der Waals surface area (Å²) in [5, 5.41) is 12.4. The molecule has 1 amide bonds. The van der Waals surface area contributed by atoms with Gasteiger partial charge in [0.15, 0.2) is 0 Å². The summed E-state index contributed by atoms with van der Waals surface area (Å²) in [5.74, 6) is 2.43. The zero-order valence-electron chi connectivity index (χ0n) is 21.1. The van der Waals surface area contributed by atoms with Crippen LogP contribution < -0.4 is 20.1 Å². The smallest absolute Gasteiger partial charge is 0.255 e. The van der Waals surface area contributed by atoms with Gasteiger partial charge in [-0.3, -0.25) is 4.79 Å². The number of hydrogen-bond acceptors (Lipinski definition) is 7. The largest absolute Gasteiger partial charge is 0.497 e. The summed E-state index contributed by atoms with van der Waals surface area (Å²) in [6.07, 6.45) is 0. The van der Waals surface area contributed by atoms with Crippen molar-refractivity contribution in [1.29, 1.82) is 0 Å². The number of anilines is 2. The first-order valence-corrected chi connectivity index (χ1v) is 13.2. The molecular weight excluding hydrogens is 522 g/mol. The van der Waals surface area contributed by atoms with E-state index in [2.05, 4.69) is 10.6 Å². The van der Waals surface area contributed by atoms with Gasteiger partial charge in [-0.25, -0.2) is 4.68 Å². The van der Waals surface area contributed by atoms with Crippen LogP contribution in [0.1, 0.15) is 24.1 Å². The molecule has 1 unspecified atom stereocenters. The summed E-state index contributed by atoms with van der Waals surface area (Å²) in [6.45, 7) is 1.87. The molecule has 194 valence electrons. The number of halogens is 1. The number of allylic oxidation sites excluding steroid dienone is 1. The Kier molecular flexibility index (Phi) is 7.57. The maximum atomic E-state index is 13.7. The van der Waals surface area contributed by atoms with Gasteiger partial charge >= 0.3 is 0 Å². The molecule has 0 fully saturated rings. The Morgan fingerprint density at radius 3 is 2.39 bits per heavy atom. The van der Waals surface area contributed by atoms with Crippen LogP contribution in [-0.2, 0) is 10.5 Å². The predicted octanol–water partition coefficient (Wildman–Crippen LogP) is 6.17. The third-order valence-corrected chi connectivity index (χ3v) is 7.26. The summed E-state index contributed by atoms with van der Waals surface area (Å²) in [7, 11) is 3.22. The zero-order chi connectivity index (χ0) is 26.6. The van der Waals surface area contributed by atoms with E-state index in [0.29, 0.717) is 44.6 Å². The molecule has 0 aliphatic carbocycles. The fraction of sp³-hybridized carbons (Fsp3) is 0.179. The molecule has 1 aliphatic heterocycles. The van der Waals surface area contributed by atoms with Crippen molar-refractivity contribution in [1.82, 2.24) is 14.8 Å². The number of methoxy groups -OCH3 is 2. The van der Waals surface area contributed by atoms with E-state index in [9.17, 15) is 4.79 Å². The van der Waals surface area contributed by atoms with Gasteiger partial charge in [-0.15, -0.1) is 5.10 Å². The van der Waals surface area contributed by atoms with Crippen LogP contribution in [0.25, 0.3) is 0 Å². The first kappa shape index (κ1) is 25.7. The summed E-state index contributed by atoms with van der Waals surface area (Å²) >= 11 is 7.64. The molecule has 0 saturated heterocycles. The fourth-order valence-electron chi connectivity index (χ4n) is 4.23. The van der Waals surface area contributed by atoms with Crippen molar-refractivity contribution >= 4 is 40.9 Å². The molecule has 3 aromatic carbocycles. The van der Waals surface area contributed by atoms with E-state index in [4.69, 9.17) is 31.2 Å². The van der Waals surface area contributed by atoms with Crippen LogP contribution in [0.15, 0.2) is 89.2 Å². The molecule has 2 N–H and O–H groups in total. The lowest BCUT2D eigenvalue weighted by molar-refractivity contribution is -0.113. The number of carbonyl (C=O) groups is 1. The van der Waals surface area contributed by atoms with Crippen LogP contribution in [0.5, 0.6) is 11.5 Å². The minimum absolute atomic E-state index is 0.240. The van der Waals surface area contributed by atoms with E-state index < -0.39 is 6.04 Å². The van der Waals surface area contributed by atoms with Gasteiger partial charge < -0.3 is 20.1 Å². The summed E-state index contributed by atoms with van der Waals surface area (Å²) in [4.78, 5) is 18.4. The number of hydrogen-bond donors (Lipinski definition) is 2. The number of ether oxygens (including phenoxy) is 2. The second-order valence-corrected chi connectivity index (χ2v) is 9.98. The minimum atomic E-state index is -0.497. The lowest BCUT2D eigenvalue weighted by atomic mass is 9.95. The highest BCUT2D eigenvalue weighted by molar-refractivity contribution is 7.98. The monoisotopic (exact) mass is 547 g/mol. The van der Waals surface area contributed by atoms with Gasteiger partial charge in [-0.2, -0.15) is 4.98 Å². The first-order valence-electron chi connectivity index (χ1n) is 11.9. The molecule has 1 aromatic heterocycles. The highest BCUT2D eigenvalue weighted by Crippen LogP contribution is 2.37. The van der Waals surface area contributed by atoms with Crippen LogP contribution in [-0.4, -0.2) is 34.9 Å². The number of nitrogens with one attached hydrogen (secondary N) is 2. The van der Waals surface area contributed by atoms with Gasteiger partial charge in [-0.1, -0.05) is 47.6 Å². The van der Waals surface area contributed by atoms with Crippen molar-refractivity contribution in [2.75, 3.05) is 24.9 Å².